The van der Waals surface area contributed by atoms with E-state index in [-0.39, 0.29) is 17.4 Å². The fourth-order valence-corrected chi connectivity index (χ4v) is 6.86. The summed E-state index contributed by atoms with van der Waals surface area (Å²) in [4.78, 5) is 1.53. The highest BCUT2D eigenvalue weighted by atomic mass is 19.3. The molecule has 0 amide bonds. The van der Waals surface area contributed by atoms with Crippen molar-refractivity contribution in [3.8, 4) is 11.5 Å². The van der Waals surface area contributed by atoms with Crippen molar-refractivity contribution in [2.24, 2.45) is 0 Å². The van der Waals surface area contributed by atoms with E-state index in [9.17, 15) is 8.78 Å². The monoisotopic (exact) mass is 640 g/mol. The Balaban J connectivity index is 1.40. The van der Waals surface area contributed by atoms with E-state index >= 15 is 8.78 Å². The lowest BCUT2D eigenvalue weighted by atomic mass is 9.84. The number of halogens is 4. The summed E-state index contributed by atoms with van der Waals surface area (Å²) >= 11 is 0. The molecular formula is C38H48F4N2O2. The van der Waals surface area contributed by atoms with Crippen LogP contribution in [0.15, 0.2) is 60.7 Å². The molecule has 2 heterocycles. The topological polar surface area (TPSA) is 33.7 Å². The minimum Gasteiger partial charge on any atom is -0.490 e. The lowest BCUT2D eigenvalue weighted by molar-refractivity contribution is -0.0371. The van der Waals surface area contributed by atoms with Gasteiger partial charge in [-0.3, -0.25) is 4.90 Å². The van der Waals surface area contributed by atoms with Crippen LogP contribution in [0.5, 0.6) is 11.5 Å². The van der Waals surface area contributed by atoms with Crippen molar-refractivity contribution in [2.45, 2.75) is 109 Å². The van der Waals surface area contributed by atoms with E-state index in [4.69, 9.17) is 9.47 Å². The lowest BCUT2D eigenvalue weighted by Crippen LogP contribution is -2.48. The molecule has 2 aliphatic rings. The van der Waals surface area contributed by atoms with Gasteiger partial charge in [0, 0.05) is 30.7 Å². The summed E-state index contributed by atoms with van der Waals surface area (Å²) in [6.45, 7) is 4.47. The molecule has 3 atom stereocenters. The highest BCUT2D eigenvalue weighted by Crippen LogP contribution is 2.43. The summed E-state index contributed by atoms with van der Waals surface area (Å²) < 4.78 is 73.5. The minimum absolute atomic E-state index is 0.127. The van der Waals surface area contributed by atoms with Gasteiger partial charge in [-0.2, -0.15) is 0 Å². The van der Waals surface area contributed by atoms with Crippen LogP contribution in [-0.4, -0.2) is 42.6 Å². The van der Waals surface area contributed by atoms with Crippen molar-refractivity contribution in [2.75, 3.05) is 19.6 Å². The number of alkyl halides is 2. The van der Waals surface area contributed by atoms with Gasteiger partial charge in [0.2, 0.25) is 0 Å². The van der Waals surface area contributed by atoms with Gasteiger partial charge in [-0.25, -0.2) is 17.6 Å². The molecule has 0 bridgehead atoms. The van der Waals surface area contributed by atoms with E-state index in [1.807, 2.05) is 43.3 Å². The van der Waals surface area contributed by atoms with E-state index in [1.165, 1.54) is 17.0 Å². The summed E-state index contributed by atoms with van der Waals surface area (Å²) in [5.74, 6) is -3.86. The Labute approximate surface area is 271 Å². The van der Waals surface area contributed by atoms with Gasteiger partial charge in [0.15, 0.2) is 0 Å². The molecular weight excluding hydrogens is 592 g/mol. The second-order valence-electron chi connectivity index (χ2n) is 13.2. The SMILES string of the molecule is C[C@@H]1Cc2cc(OCc3ccccc3)ccc2C(c2c(F)cc(OC3CCCCCCNCCCCC3)cc2F)N1CC(C)(F)F. The molecule has 0 radical (unpaired) electrons. The van der Waals surface area contributed by atoms with Crippen LogP contribution in [0.1, 0.15) is 99.9 Å². The lowest BCUT2D eigenvalue weighted by Gasteiger charge is -2.43. The highest BCUT2D eigenvalue weighted by molar-refractivity contribution is 5.46. The largest absolute Gasteiger partial charge is 0.490 e. The third-order valence-electron chi connectivity index (χ3n) is 9.17. The summed E-state index contributed by atoms with van der Waals surface area (Å²) in [6, 6.07) is 16.2. The van der Waals surface area contributed by atoms with Crippen LogP contribution in [0, 0.1) is 11.6 Å². The zero-order chi connectivity index (χ0) is 32.5. The molecule has 1 saturated heterocycles. The molecule has 2 aliphatic heterocycles. The van der Waals surface area contributed by atoms with E-state index in [0.717, 1.165) is 88.9 Å². The molecule has 4 nitrogen and oxygen atoms in total. The minimum atomic E-state index is -3.05. The maximum absolute atomic E-state index is 16.1. The third kappa shape index (κ3) is 9.47. The second kappa shape index (κ2) is 16.1. The molecule has 46 heavy (non-hydrogen) atoms. The molecule has 250 valence electrons. The number of hydrogen-bond donors (Lipinski definition) is 1. The van der Waals surface area contributed by atoms with Gasteiger partial charge in [0.05, 0.1) is 18.7 Å². The maximum Gasteiger partial charge on any atom is 0.257 e. The summed E-state index contributed by atoms with van der Waals surface area (Å²) in [5, 5.41) is 3.49. The molecule has 5 rings (SSSR count). The molecule has 0 spiro atoms. The normalized spacial score (nSPS) is 22.2. The van der Waals surface area contributed by atoms with Crippen LogP contribution in [0.4, 0.5) is 17.6 Å². The fourth-order valence-electron chi connectivity index (χ4n) is 6.86. The molecule has 1 N–H and O–H groups in total. The van der Waals surface area contributed by atoms with Crippen LogP contribution in [-0.2, 0) is 13.0 Å². The zero-order valence-corrected chi connectivity index (χ0v) is 27.2. The molecule has 2 unspecified atom stereocenters. The smallest absolute Gasteiger partial charge is 0.257 e. The Bertz CT molecular complexity index is 1360. The van der Waals surface area contributed by atoms with E-state index < -0.39 is 36.2 Å². The quantitative estimate of drug-likeness (QED) is 0.249. The molecule has 0 aliphatic carbocycles. The number of ether oxygens (including phenoxy) is 2. The van der Waals surface area contributed by atoms with Crippen LogP contribution in [0.25, 0.3) is 0 Å². The average molecular weight is 641 g/mol. The first-order chi connectivity index (χ1) is 22.2. The average Bonchev–Trinajstić information content (AvgIpc) is 3.03. The molecule has 3 aromatic rings. The number of nitrogens with one attached hydrogen (secondary N) is 1. The first kappa shape index (κ1) is 34.2. The van der Waals surface area contributed by atoms with Gasteiger partial charge in [0.1, 0.15) is 29.7 Å². The number of rotatable bonds is 8. The highest BCUT2D eigenvalue weighted by Gasteiger charge is 2.40. The van der Waals surface area contributed by atoms with Crippen LogP contribution in [0.2, 0.25) is 0 Å². The Hall–Kier alpha value is -3.10. The van der Waals surface area contributed by atoms with Crippen molar-refractivity contribution in [3.63, 3.8) is 0 Å². The number of hydrogen-bond acceptors (Lipinski definition) is 4. The van der Waals surface area contributed by atoms with Crippen LogP contribution in [0.3, 0.4) is 0 Å². The van der Waals surface area contributed by atoms with Crippen molar-refractivity contribution in [1.29, 1.82) is 0 Å². The third-order valence-corrected chi connectivity index (χ3v) is 9.17. The number of benzene rings is 3. The standard InChI is InChI=1S/C38H48F4N2O2/c1-27-21-29-22-31(45-25-28-13-7-5-8-14-28)17-18-33(29)37(44(27)26-38(2,41)42)36-34(39)23-32(24-35(36)40)46-30-15-9-3-4-11-19-43-20-12-6-10-16-30/h5,7-8,13-14,17-18,22-24,27,30,37,43H,3-4,6,9-12,15-16,19-21,25-26H2,1-2H3/t27-,30?,37?/m1/s1. The number of fused-ring (bicyclic) bond motifs is 1. The molecule has 1 fully saturated rings. The van der Waals surface area contributed by atoms with Gasteiger partial charge >= 0.3 is 0 Å². The summed E-state index contributed by atoms with van der Waals surface area (Å²) in [6.07, 6.45) is 9.54. The Morgan fingerprint density at radius 2 is 1.48 bits per heavy atom. The van der Waals surface area contributed by atoms with E-state index in [0.29, 0.717) is 24.3 Å². The first-order valence-corrected chi connectivity index (χ1v) is 17.0. The first-order valence-electron chi connectivity index (χ1n) is 17.0. The zero-order valence-electron chi connectivity index (χ0n) is 27.2. The van der Waals surface area contributed by atoms with Crippen molar-refractivity contribution in [3.05, 3.63) is 94.6 Å². The molecule has 0 aromatic heterocycles. The fraction of sp³-hybridized carbons (Fsp3) is 0.526. The van der Waals surface area contributed by atoms with Crippen molar-refractivity contribution in [1.82, 2.24) is 10.2 Å². The van der Waals surface area contributed by atoms with E-state index in [1.54, 1.807) is 12.1 Å². The molecule has 8 heteroatoms. The summed E-state index contributed by atoms with van der Waals surface area (Å²) in [7, 11) is 0. The maximum atomic E-state index is 16.1. The Kier molecular flexibility index (Phi) is 12.0. The van der Waals surface area contributed by atoms with Gasteiger partial charge in [-0.1, -0.05) is 55.7 Å². The van der Waals surface area contributed by atoms with E-state index in [2.05, 4.69) is 5.32 Å². The molecule has 3 aromatic carbocycles. The molecule has 0 saturated carbocycles. The van der Waals surface area contributed by atoms with Gasteiger partial charge in [-0.15, -0.1) is 0 Å². The van der Waals surface area contributed by atoms with Crippen LogP contribution >= 0.6 is 0 Å². The second-order valence-corrected chi connectivity index (χ2v) is 13.2. The van der Waals surface area contributed by atoms with Crippen molar-refractivity contribution < 1.29 is 27.0 Å². The predicted octanol–water partition coefficient (Wildman–Crippen LogP) is 9.40. The van der Waals surface area contributed by atoms with Gasteiger partial charge < -0.3 is 14.8 Å². The van der Waals surface area contributed by atoms with Crippen LogP contribution < -0.4 is 14.8 Å². The van der Waals surface area contributed by atoms with Crippen molar-refractivity contribution >= 4 is 0 Å². The Morgan fingerprint density at radius 1 is 0.826 bits per heavy atom. The predicted molar refractivity (Wildman–Crippen MR) is 175 cm³/mol. The summed E-state index contributed by atoms with van der Waals surface area (Å²) in [5.41, 5.74) is 2.21. The van der Waals surface area contributed by atoms with Gasteiger partial charge in [0.25, 0.3) is 5.92 Å². The van der Waals surface area contributed by atoms with Gasteiger partial charge in [-0.05, 0) is 93.8 Å². The number of nitrogens with zero attached hydrogens (tertiary/aromatic N) is 1. The Morgan fingerprint density at radius 3 is 2.15 bits per heavy atom.